The Labute approximate surface area is 166 Å². The fourth-order valence-corrected chi connectivity index (χ4v) is 2.86. The van der Waals surface area contributed by atoms with E-state index >= 15 is 0 Å². The van der Waals surface area contributed by atoms with Gasteiger partial charge in [-0.2, -0.15) is 4.98 Å². The molecule has 0 fully saturated rings. The van der Waals surface area contributed by atoms with Crippen molar-refractivity contribution in [2.45, 2.75) is 64.7 Å². The number of carbonyl (C=O) groups is 1. The fraction of sp³-hybridized carbons (Fsp3) is 0.571. The number of hydrogen-bond donors (Lipinski definition) is 2. The van der Waals surface area contributed by atoms with Crippen molar-refractivity contribution in [2.24, 2.45) is 0 Å². The Morgan fingerprint density at radius 1 is 1.07 bits per heavy atom. The molecule has 0 aliphatic rings. The zero-order valence-corrected chi connectivity index (χ0v) is 16.7. The summed E-state index contributed by atoms with van der Waals surface area (Å²) < 4.78 is 11.0. The number of benzene rings is 1. The Kier molecular flexibility index (Phi) is 9.89. The molecule has 2 N–H and O–H groups in total. The van der Waals surface area contributed by atoms with Gasteiger partial charge in [0.05, 0.1) is 6.61 Å². The van der Waals surface area contributed by atoms with Gasteiger partial charge in [0.1, 0.15) is 5.75 Å². The van der Waals surface area contributed by atoms with Gasteiger partial charge in [0.2, 0.25) is 11.7 Å². The maximum Gasteiger partial charge on any atom is 0.404 e. The Hall–Kier alpha value is -2.57. The van der Waals surface area contributed by atoms with Crippen LogP contribution in [0.1, 0.15) is 64.2 Å². The van der Waals surface area contributed by atoms with E-state index in [-0.39, 0.29) is 0 Å². The van der Waals surface area contributed by atoms with Crippen LogP contribution in [-0.4, -0.2) is 34.5 Å². The average molecular weight is 389 g/mol. The monoisotopic (exact) mass is 389 g/mol. The van der Waals surface area contributed by atoms with Crippen molar-refractivity contribution >= 4 is 6.09 Å². The first-order valence-electron chi connectivity index (χ1n) is 10.2. The topological polar surface area (TPSA) is 97.5 Å². The Bertz CT molecular complexity index is 685. The molecule has 0 aliphatic carbocycles. The van der Waals surface area contributed by atoms with Gasteiger partial charge < -0.3 is 19.7 Å². The van der Waals surface area contributed by atoms with E-state index in [2.05, 4.69) is 22.4 Å². The Morgan fingerprint density at radius 3 is 2.50 bits per heavy atom. The summed E-state index contributed by atoms with van der Waals surface area (Å²) in [6.07, 6.45) is 9.00. The Balaban J connectivity index is 1.67. The molecule has 0 aliphatic heterocycles. The number of aromatic nitrogens is 2. The lowest BCUT2D eigenvalue weighted by molar-refractivity contribution is 0.194. The zero-order valence-electron chi connectivity index (χ0n) is 16.7. The second kappa shape index (κ2) is 12.8. The molecule has 0 spiro atoms. The maximum atomic E-state index is 10.4. The lowest BCUT2D eigenvalue weighted by Gasteiger charge is -2.06. The summed E-state index contributed by atoms with van der Waals surface area (Å²) in [7, 11) is 0. The Morgan fingerprint density at radius 2 is 1.79 bits per heavy atom. The molecule has 28 heavy (non-hydrogen) atoms. The minimum absolute atomic E-state index is 0.359. The third kappa shape index (κ3) is 8.41. The minimum Gasteiger partial charge on any atom is -0.494 e. The fourth-order valence-electron chi connectivity index (χ4n) is 2.86. The van der Waals surface area contributed by atoms with Crippen molar-refractivity contribution in [2.75, 3.05) is 13.2 Å². The van der Waals surface area contributed by atoms with E-state index in [1.54, 1.807) is 0 Å². The first-order valence-corrected chi connectivity index (χ1v) is 10.2. The zero-order chi connectivity index (χ0) is 20.0. The largest absolute Gasteiger partial charge is 0.494 e. The molecule has 154 valence electrons. The van der Waals surface area contributed by atoms with Crippen LogP contribution < -0.4 is 10.1 Å². The summed E-state index contributed by atoms with van der Waals surface area (Å²) in [4.78, 5) is 14.8. The summed E-state index contributed by atoms with van der Waals surface area (Å²) in [5, 5.41) is 14.8. The quantitative estimate of drug-likeness (QED) is 0.438. The van der Waals surface area contributed by atoms with Crippen LogP contribution in [0.25, 0.3) is 11.4 Å². The highest BCUT2D eigenvalue weighted by molar-refractivity contribution is 5.64. The number of hydrogen-bond acceptors (Lipinski definition) is 5. The maximum absolute atomic E-state index is 10.4. The van der Waals surface area contributed by atoms with E-state index in [9.17, 15) is 4.79 Å². The van der Waals surface area contributed by atoms with Gasteiger partial charge >= 0.3 is 6.09 Å². The second-order valence-corrected chi connectivity index (χ2v) is 6.84. The van der Waals surface area contributed by atoms with Crippen LogP contribution in [0, 0.1) is 0 Å². The number of aryl methyl sites for hydroxylation is 1. The number of rotatable bonds is 14. The summed E-state index contributed by atoms with van der Waals surface area (Å²) in [6.45, 7) is 3.33. The van der Waals surface area contributed by atoms with Gasteiger partial charge in [0, 0.05) is 18.5 Å². The highest BCUT2D eigenvalue weighted by Crippen LogP contribution is 2.20. The van der Waals surface area contributed by atoms with Gasteiger partial charge in [-0.1, -0.05) is 50.6 Å². The average Bonchev–Trinajstić information content (AvgIpc) is 3.16. The molecule has 1 amide bonds. The molecule has 1 aromatic heterocycles. The van der Waals surface area contributed by atoms with Gasteiger partial charge in [-0.3, -0.25) is 0 Å². The third-order valence-electron chi connectivity index (χ3n) is 4.44. The molecular formula is C21H31N3O4. The highest BCUT2D eigenvalue weighted by atomic mass is 16.5. The van der Waals surface area contributed by atoms with E-state index in [1.165, 1.54) is 38.5 Å². The molecule has 2 aromatic rings. The number of ether oxygens (including phenoxy) is 1. The van der Waals surface area contributed by atoms with Crippen LogP contribution >= 0.6 is 0 Å². The summed E-state index contributed by atoms with van der Waals surface area (Å²) >= 11 is 0. The van der Waals surface area contributed by atoms with Crippen molar-refractivity contribution in [1.82, 2.24) is 15.5 Å². The standard InChI is InChI=1S/C21H31N3O4/c1-2-3-4-5-6-7-8-16-27-18-13-11-17(12-14-18)20-23-19(28-24-20)10-9-15-22-21(25)26/h11-14,22H,2-10,15-16H2,1H3,(H,25,26). The van der Waals surface area contributed by atoms with Crippen molar-refractivity contribution < 1.29 is 19.2 Å². The van der Waals surface area contributed by atoms with Gasteiger partial charge in [0.25, 0.3) is 0 Å². The first-order chi connectivity index (χ1) is 13.7. The van der Waals surface area contributed by atoms with Crippen LogP contribution in [0.3, 0.4) is 0 Å². The van der Waals surface area contributed by atoms with Crippen LogP contribution in [0.4, 0.5) is 4.79 Å². The molecule has 0 atom stereocenters. The van der Waals surface area contributed by atoms with Gasteiger partial charge in [-0.05, 0) is 37.1 Å². The molecule has 0 radical (unpaired) electrons. The number of unbranched alkanes of at least 4 members (excludes halogenated alkanes) is 6. The lowest BCUT2D eigenvalue weighted by atomic mass is 10.1. The molecule has 0 unspecified atom stereocenters. The predicted octanol–water partition coefficient (Wildman–Crippen LogP) is 5.07. The van der Waals surface area contributed by atoms with Crippen molar-refractivity contribution in [3.05, 3.63) is 30.2 Å². The summed E-state index contributed by atoms with van der Waals surface area (Å²) in [5.74, 6) is 1.87. The molecule has 7 heteroatoms. The number of carboxylic acid groups (broad SMARTS) is 1. The molecule has 2 rings (SSSR count). The minimum atomic E-state index is -1.03. The molecule has 7 nitrogen and oxygen atoms in total. The number of nitrogens with zero attached hydrogens (tertiary/aromatic N) is 2. The summed E-state index contributed by atoms with van der Waals surface area (Å²) in [6, 6.07) is 7.67. The van der Waals surface area contributed by atoms with Crippen LogP contribution in [0.5, 0.6) is 5.75 Å². The predicted molar refractivity (Wildman–Crippen MR) is 108 cm³/mol. The van der Waals surface area contributed by atoms with E-state index in [4.69, 9.17) is 14.4 Å². The smallest absolute Gasteiger partial charge is 0.404 e. The second-order valence-electron chi connectivity index (χ2n) is 6.84. The molecule has 0 saturated heterocycles. The van der Waals surface area contributed by atoms with Crippen LogP contribution in [-0.2, 0) is 6.42 Å². The normalized spacial score (nSPS) is 10.8. The van der Waals surface area contributed by atoms with Crippen LogP contribution in [0.2, 0.25) is 0 Å². The van der Waals surface area contributed by atoms with Crippen LogP contribution in [0.15, 0.2) is 28.8 Å². The molecule has 1 heterocycles. The van der Waals surface area contributed by atoms with E-state index in [0.29, 0.717) is 31.1 Å². The SMILES string of the molecule is CCCCCCCCCOc1ccc(-c2noc(CCCNC(=O)O)n2)cc1. The van der Waals surface area contributed by atoms with Gasteiger partial charge in [0.15, 0.2) is 0 Å². The first kappa shape index (κ1) is 21.7. The van der Waals surface area contributed by atoms with Gasteiger partial charge in [-0.15, -0.1) is 0 Å². The molecule has 0 saturated carbocycles. The molecule has 1 aromatic carbocycles. The van der Waals surface area contributed by atoms with E-state index in [0.717, 1.165) is 24.3 Å². The third-order valence-corrected chi connectivity index (χ3v) is 4.44. The van der Waals surface area contributed by atoms with Crippen molar-refractivity contribution in [3.8, 4) is 17.1 Å². The molecular weight excluding hydrogens is 358 g/mol. The number of amides is 1. The lowest BCUT2D eigenvalue weighted by Crippen LogP contribution is -2.22. The van der Waals surface area contributed by atoms with Crippen molar-refractivity contribution in [1.29, 1.82) is 0 Å². The van der Waals surface area contributed by atoms with E-state index in [1.807, 2.05) is 24.3 Å². The van der Waals surface area contributed by atoms with Crippen molar-refractivity contribution in [3.63, 3.8) is 0 Å². The van der Waals surface area contributed by atoms with E-state index < -0.39 is 6.09 Å². The molecule has 0 bridgehead atoms. The summed E-state index contributed by atoms with van der Waals surface area (Å²) in [5.41, 5.74) is 0.863. The highest BCUT2D eigenvalue weighted by Gasteiger charge is 2.09. The van der Waals surface area contributed by atoms with Gasteiger partial charge in [-0.25, -0.2) is 4.79 Å². The number of nitrogens with one attached hydrogen (secondary N) is 1.